The maximum absolute atomic E-state index is 6.42. The average molecular weight is 240 g/mol. The van der Waals surface area contributed by atoms with E-state index >= 15 is 0 Å². The van der Waals surface area contributed by atoms with Gasteiger partial charge >= 0.3 is 0 Å². The van der Waals surface area contributed by atoms with Gasteiger partial charge in [-0.1, -0.05) is 53.9 Å². The number of rotatable bonds is 7. The zero-order chi connectivity index (χ0) is 12.9. The molecular weight excluding hydrogens is 208 g/mol. The van der Waals surface area contributed by atoms with E-state index in [-0.39, 0.29) is 5.60 Å². The monoisotopic (exact) mass is 240 g/mol. The third kappa shape index (κ3) is 3.71. The molecule has 1 nitrogen and oxygen atoms in total. The quantitative estimate of drug-likeness (QED) is 0.595. The van der Waals surface area contributed by atoms with E-state index in [9.17, 15) is 0 Å². The maximum atomic E-state index is 6.42. The van der Waals surface area contributed by atoms with Crippen LogP contribution in [0.1, 0.15) is 79.6 Å². The highest BCUT2D eigenvalue weighted by Crippen LogP contribution is 2.40. The molecule has 1 heteroatoms. The summed E-state index contributed by atoms with van der Waals surface area (Å²) in [5, 5.41) is 0. The molecule has 0 aromatic carbocycles. The minimum atomic E-state index is 0.226. The normalized spacial score (nSPS) is 22.9. The first-order valence-electron chi connectivity index (χ1n) is 7.62. The van der Waals surface area contributed by atoms with Gasteiger partial charge in [0.05, 0.1) is 12.2 Å². The van der Waals surface area contributed by atoms with E-state index in [2.05, 4.69) is 34.6 Å². The molecule has 0 heterocycles. The van der Waals surface area contributed by atoms with Crippen molar-refractivity contribution in [2.24, 2.45) is 11.3 Å². The number of hydrogen-bond donors (Lipinski definition) is 0. The molecule has 1 rings (SSSR count). The summed E-state index contributed by atoms with van der Waals surface area (Å²) in [7, 11) is 0. The highest BCUT2D eigenvalue weighted by Gasteiger charge is 2.36. The van der Waals surface area contributed by atoms with Crippen molar-refractivity contribution >= 4 is 0 Å². The van der Waals surface area contributed by atoms with Gasteiger partial charge in [0, 0.05) is 0 Å². The second kappa shape index (κ2) is 6.22. The van der Waals surface area contributed by atoms with Crippen molar-refractivity contribution in [2.45, 2.75) is 85.2 Å². The van der Waals surface area contributed by atoms with Crippen molar-refractivity contribution in [1.82, 2.24) is 0 Å². The van der Waals surface area contributed by atoms with E-state index in [1.807, 2.05) is 0 Å². The number of ether oxygens (including phenoxy) is 1. The molecule has 1 unspecified atom stereocenters. The Morgan fingerprint density at radius 3 is 2.18 bits per heavy atom. The fourth-order valence-corrected chi connectivity index (χ4v) is 3.04. The van der Waals surface area contributed by atoms with Gasteiger partial charge in [0.25, 0.3) is 0 Å². The van der Waals surface area contributed by atoms with Crippen molar-refractivity contribution in [2.75, 3.05) is 6.61 Å². The minimum absolute atomic E-state index is 0.226. The molecular formula is C16H32O. The highest BCUT2D eigenvalue weighted by molar-refractivity contribution is 4.87. The highest BCUT2D eigenvalue weighted by atomic mass is 16.5. The second-order valence-electron chi connectivity index (χ2n) is 6.59. The Morgan fingerprint density at radius 2 is 1.76 bits per heavy atom. The standard InChI is InChI=1S/C16H32O/c1-6-10-15(5,14(3)4)13-17-16(7-2)11-8-9-12-16/h14H,6-13H2,1-5H3. The van der Waals surface area contributed by atoms with Crippen molar-refractivity contribution < 1.29 is 4.74 Å². The predicted octanol–water partition coefficient (Wildman–Crippen LogP) is 5.19. The summed E-state index contributed by atoms with van der Waals surface area (Å²) in [4.78, 5) is 0. The summed E-state index contributed by atoms with van der Waals surface area (Å²) in [6.07, 6.45) is 9.02. The van der Waals surface area contributed by atoms with Gasteiger partial charge in [-0.3, -0.25) is 0 Å². The maximum Gasteiger partial charge on any atom is 0.0680 e. The summed E-state index contributed by atoms with van der Waals surface area (Å²) >= 11 is 0. The van der Waals surface area contributed by atoms with Gasteiger partial charge in [-0.15, -0.1) is 0 Å². The second-order valence-corrected chi connectivity index (χ2v) is 6.59. The molecule has 1 fully saturated rings. The van der Waals surface area contributed by atoms with Crippen LogP contribution in [0.25, 0.3) is 0 Å². The largest absolute Gasteiger partial charge is 0.374 e. The molecule has 0 N–H and O–H groups in total. The molecule has 1 saturated carbocycles. The summed E-state index contributed by atoms with van der Waals surface area (Å²) in [5.74, 6) is 0.706. The van der Waals surface area contributed by atoms with Crippen molar-refractivity contribution in [1.29, 1.82) is 0 Å². The summed E-state index contributed by atoms with van der Waals surface area (Å²) in [5.41, 5.74) is 0.587. The van der Waals surface area contributed by atoms with Gasteiger partial charge in [-0.2, -0.15) is 0 Å². The molecule has 0 amide bonds. The van der Waals surface area contributed by atoms with E-state index < -0.39 is 0 Å². The molecule has 1 atom stereocenters. The first kappa shape index (κ1) is 15.0. The van der Waals surface area contributed by atoms with Crippen LogP contribution in [-0.2, 0) is 4.74 Å². The van der Waals surface area contributed by atoms with E-state index in [1.165, 1.54) is 44.9 Å². The molecule has 1 aliphatic carbocycles. The van der Waals surface area contributed by atoms with Crippen LogP contribution in [0.5, 0.6) is 0 Å². The van der Waals surface area contributed by atoms with Crippen LogP contribution >= 0.6 is 0 Å². The zero-order valence-electron chi connectivity index (χ0n) is 12.6. The van der Waals surface area contributed by atoms with Crippen molar-refractivity contribution in [3.8, 4) is 0 Å². The molecule has 0 aliphatic heterocycles. The first-order chi connectivity index (χ1) is 7.98. The lowest BCUT2D eigenvalue weighted by molar-refractivity contribution is -0.0918. The zero-order valence-corrected chi connectivity index (χ0v) is 12.6. The van der Waals surface area contributed by atoms with E-state index in [0.29, 0.717) is 11.3 Å². The predicted molar refractivity (Wildman–Crippen MR) is 75.3 cm³/mol. The fraction of sp³-hybridized carbons (Fsp3) is 1.00. The van der Waals surface area contributed by atoms with Crippen molar-refractivity contribution in [3.63, 3.8) is 0 Å². The minimum Gasteiger partial charge on any atom is -0.374 e. The molecule has 0 aromatic heterocycles. The molecule has 102 valence electrons. The van der Waals surface area contributed by atoms with Crippen LogP contribution in [0.3, 0.4) is 0 Å². The lowest BCUT2D eigenvalue weighted by Crippen LogP contribution is -2.36. The Hall–Kier alpha value is -0.0400. The fourth-order valence-electron chi connectivity index (χ4n) is 3.04. The van der Waals surface area contributed by atoms with Gasteiger partial charge < -0.3 is 4.74 Å². The molecule has 1 aliphatic rings. The first-order valence-corrected chi connectivity index (χ1v) is 7.62. The summed E-state index contributed by atoms with van der Waals surface area (Å²) in [6.45, 7) is 12.6. The SMILES string of the molecule is CCCC(C)(COC1(CC)CCCC1)C(C)C. The van der Waals surface area contributed by atoms with Crippen LogP contribution in [0.4, 0.5) is 0 Å². The lowest BCUT2D eigenvalue weighted by atomic mass is 9.76. The smallest absolute Gasteiger partial charge is 0.0680 e. The Labute approximate surface area is 108 Å². The van der Waals surface area contributed by atoms with Crippen LogP contribution in [0.2, 0.25) is 0 Å². The average Bonchev–Trinajstić information content (AvgIpc) is 2.76. The van der Waals surface area contributed by atoms with Gasteiger partial charge in [-0.25, -0.2) is 0 Å². The van der Waals surface area contributed by atoms with Crippen LogP contribution in [0, 0.1) is 11.3 Å². The van der Waals surface area contributed by atoms with Gasteiger partial charge in [0.2, 0.25) is 0 Å². The Morgan fingerprint density at radius 1 is 1.18 bits per heavy atom. The molecule has 0 saturated heterocycles. The van der Waals surface area contributed by atoms with Crippen LogP contribution in [0.15, 0.2) is 0 Å². The molecule has 0 aromatic rings. The third-order valence-electron chi connectivity index (χ3n) is 5.08. The van der Waals surface area contributed by atoms with Crippen LogP contribution in [-0.4, -0.2) is 12.2 Å². The Balaban J connectivity index is 2.56. The van der Waals surface area contributed by atoms with E-state index in [4.69, 9.17) is 4.74 Å². The molecule has 17 heavy (non-hydrogen) atoms. The third-order valence-corrected chi connectivity index (χ3v) is 5.08. The Kier molecular flexibility index (Phi) is 5.50. The van der Waals surface area contributed by atoms with Gasteiger partial charge in [0.1, 0.15) is 0 Å². The topological polar surface area (TPSA) is 9.23 Å². The van der Waals surface area contributed by atoms with E-state index in [0.717, 1.165) is 6.61 Å². The summed E-state index contributed by atoms with van der Waals surface area (Å²) in [6, 6.07) is 0. The molecule has 0 bridgehead atoms. The molecule has 0 spiro atoms. The van der Waals surface area contributed by atoms with Crippen molar-refractivity contribution in [3.05, 3.63) is 0 Å². The summed E-state index contributed by atoms with van der Waals surface area (Å²) < 4.78 is 6.42. The van der Waals surface area contributed by atoms with Gasteiger partial charge in [0.15, 0.2) is 0 Å². The van der Waals surface area contributed by atoms with E-state index in [1.54, 1.807) is 0 Å². The number of hydrogen-bond acceptors (Lipinski definition) is 1. The van der Waals surface area contributed by atoms with Crippen LogP contribution < -0.4 is 0 Å². The molecule has 0 radical (unpaired) electrons. The Bertz CT molecular complexity index is 216. The van der Waals surface area contributed by atoms with Gasteiger partial charge in [-0.05, 0) is 37.0 Å². The lowest BCUT2D eigenvalue weighted by Gasteiger charge is -2.38.